The molecule has 3 atom stereocenters. The second-order valence-corrected chi connectivity index (χ2v) is 8.07. The third-order valence-corrected chi connectivity index (χ3v) is 6.31. The number of hydroxylamine groups is 1. The SMILES string of the molecule is CCOc1ccccc1N1C(=O)[C@H]2[C@@H](c3cccs3)N(c3ccccc3)O[C@H]2C1=O. The Kier molecular flexibility index (Phi) is 4.77. The van der Waals surface area contributed by atoms with Gasteiger partial charge in [0.15, 0.2) is 6.10 Å². The first kappa shape index (κ1) is 18.8. The lowest BCUT2D eigenvalue weighted by atomic mass is 9.95. The molecule has 30 heavy (non-hydrogen) atoms. The summed E-state index contributed by atoms with van der Waals surface area (Å²) in [6.45, 7) is 2.31. The van der Waals surface area contributed by atoms with Crippen LogP contribution in [0.1, 0.15) is 17.8 Å². The highest BCUT2D eigenvalue weighted by Gasteiger charge is 2.60. The molecule has 0 aliphatic carbocycles. The monoisotopic (exact) mass is 420 g/mol. The van der Waals surface area contributed by atoms with Crippen LogP contribution in [-0.4, -0.2) is 24.5 Å². The average Bonchev–Trinajstić information content (AvgIpc) is 3.48. The lowest BCUT2D eigenvalue weighted by Gasteiger charge is -2.28. The summed E-state index contributed by atoms with van der Waals surface area (Å²) in [7, 11) is 0. The highest BCUT2D eigenvalue weighted by atomic mass is 32.1. The van der Waals surface area contributed by atoms with Crippen molar-refractivity contribution in [3.8, 4) is 5.75 Å². The third-order valence-electron chi connectivity index (χ3n) is 5.37. The molecule has 0 radical (unpaired) electrons. The van der Waals surface area contributed by atoms with E-state index in [0.717, 1.165) is 10.6 Å². The number of para-hydroxylation sites is 3. The number of amides is 2. The number of rotatable bonds is 5. The number of anilines is 2. The van der Waals surface area contributed by atoms with Crippen LogP contribution in [0.4, 0.5) is 11.4 Å². The van der Waals surface area contributed by atoms with Crippen LogP contribution in [0, 0.1) is 5.92 Å². The van der Waals surface area contributed by atoms with Crippen LogP contribution in [0.5, 0.6) is 5.75 Å². The number of ether oxygens (including phenoxy) is 1. The fourth-order valence-electron chi connectivity index (χ4n) is 4.12. The zero-order chi connectivity index (χ0) is 20.7. The summed E-state index contributed by atoms with van der Waals surface area (Å²) in [5.41, 5.74) is 1.27. The quantitative estimate of drug-likeness (QED) is 0.579. The number of hydrogen-bond acceptors (Lipinski definition) is 6. The maximum absolute atomic E-state index is 13.6. The number of carbonyl (C=O) groups excluding carboxylic acids is 2. The number of thiophene rings is 1. The Morgan fingerprint density at radius 1 is 0.967 bits per heavy atom. The number of imide groups is 1. The van der Waals surface area contributed by atoms with Gasteiger partial charge in [-0.1, -0.05) is 36.4 Å². The van der Waals surface area contributed by atoms with Gasteiger partial charge in [-0.25, -0.2) is 9.96 Å². The van der Waals surface area contributed by atoms with Crippen molar-refractivity contribution in [2.75, 3.05) is 16.6 Å². The van der Waals surface area contributed by atoms with Gasteiger partial charge in [-0.05, 0) is 42.6 Å². The summed E-state index contributed by atoms with van der Waals surface area (Å²) in [6.07, 6.45) is -0.875. The highest BCUT2D eigenvalue weighted by molar-refractivity contribution is 7.10. The van der Waals surface area contributed by atoms with Crippen molar-refractivity contribution in [2.45, 2.75) is 19.1 Å². The van der Waals surface area contributed by atoms with Crippen LogP contribution >= 0.6 is 11.3 Å². The van der Waals surface area contributed by atoms with Gasteiger partial charge in [0.1, 0.15) is 17.7 Å². The van der Waals surface area contributed by atoms with Crippen LogP contribution in [0.2, 0.25) is 0 Å². The van der Waals surface area contributed by atoms with Gasteiger partial charge in [-0.15, -0.1) is 11.3 Å². The maximum Gasteiger partial charge on any atom is 0.266 e. The van der Waals surface area contributed by atoms with E-state index in [1.54, 1.807) is 34.6 Å². The van der Waals surface area contributed by atoms with Gasteiger partial charge in [0, 0.05) is 4.88 Å². The first-order chi connectivity index (χ1) is 14.7. The van der Waals surface area contributed by atoms with Gasteiger partial charge in [0.2, 0.25) is 5.91 Å². The van der Waals surface area contributed by atoms with Gasteiger partial charge in [-0.2, -0.15) is 0 Å². The fraction of sp³-hybridized carbons (Fsp3) is 0.217. The molecular formula is C23H20N2O4S. The summed E-state index contributed by atoms with van der Waals surface area (Å²) < 4.78 is 5.66. The molecule has 2 amide bonds. The van der Waals surface area contributed by atoms with Crippen LogP contribution in [-0.2, 0) is 14.4 Å². The molecule has 2 aliphatic heterocycles. The van der Waals surface area contributed by atoms with E-state index in [-0.39, 0.29) is 17.9 Å². The lowest BCUT2D eigenvalue weighted by Crippen LogP contribution is -2.37. The zero-order valence-corrected chi connectivity index (χ0v) is 17.1. The third kappa shape index (κ3) is 2.89. The minimum atomic E-state index is -0.875. The van der Waals surface area contributed by atoms with Gasteiger partial charge in [0.05, 0.1) is 18.0 Å². The Morgan fingerprint density at radius 2 is 1.73 bits per heavy atom. The van der Waals surface area contributed by atoms with E-state index < -0.39 is 12.0 Å². The minimum absolute atomic E-state index is 0.269. The van der Waals surface area contributed by atoms with Gasteiger partial charge >= 0.3 is 0 Å². The molecule has 0 bridgehead atoms. The molecule has 6 nitrogen and oxygen atoms in total. The molecule has 3 aromatic rings. The number of nitrogens with zero attached hydrogens (tertiary/aromatic N) is 2. The summed E-state index contributed by atoms with van der Waals surface area (Å²) >= 11 is 1.55. The van der Waals surface area contributed by atoms with Gasteiger partial charge < -0.3 is 4.74 Å². The van der Waals surface area contributed by atoms with E-state index in [1.165, 1.54) is 4.90 Å². The molecular weight excluding hydrogens is 400 g/mol. The largest absolute Gasteiger partial charge is 0.492 e. The molecule has 3 heterocycles. The highest BCUT2D eigenvalue weighted by Crippen LogP contribution is 2.49. The first-order valence-corrected chi connectivity index (χ1v) is 10.7. The second kappa shape index (κ2) is 7.59. The van der Waals surface area contributed by atoms with Crippen molar-refractivity contribution in [1.82, 2.24) is 0 Å². The summed E-state index contributed by atoms with van der Waals surface area (Å²) in [6, 6.07) is 20.2. The molecule has 0 unspecified atom stereocenters. The number of benzene rings is 2. The zero-order valence-electron chi connectivity index (χ0n) is 16.3. The van der Waals surface area contributed by atoms with Crippen molar-refractivity contribution in [1.29, 1.82) is 0 Å². The molecule has 0 spiro atoms. The maximum atomic E-state index is 13.6. The van der Waals surface area contributed by atoms with Crippen molar-refractivity contribution in [2.24, 2.45) is 5.92 Å². The predicted octanol–water partition coefficient (Wildman–Crippen LogP) is 4.20. The predicted molar refractivity (Wildman–Crippen MR) is 114 cm³/mol. The topological polar surface area (TPSA) is 59.1 Å². The molecule has 2 saturated heterocycles. The number of hydrogen-bond donors (Lipinski definition) is 0. The molecule has 2 fully saturated rings. The van der Waals surface area contributed by atoms with Crippen molar-refractivity contribution >= 4 is 34.5 Å². The Hall–Kier alpha value is -3.16. The molecule has 0 N–H and O–H groups in total. The van der Waals surface area contributed by atoms with E-state index in [4.69, 9.17) is 9.57 Å². The van der Waals surface area contributed by atoms with Crippen molar-refractivity contribution < 1.29 is 19.2 Å². The van der Waals surface area contributed by atoms with Crippen LogP contribution in [0.3, 0.4) is 0 Å². The van der Waals surface area contributed by atoms with E-state index in [0.29, 0.717) is 18.0 Å². The summed E-state index contributed by atoms with van der Waals surface area (Å²) in [4.78, 5) is 35.3. The molecule has 5 rings (SSSR count). The Bertz CT molecular complexity index is 1070. The van der Waals surface area contributed by atoms with E-state index in [2.05, 4.69) is 0 Å². The first-order valence-electron chi connectivity index (χ1n) is 9.84. The Labute approximate surface area is 178 Å². The van der Waals surface area contributed by atoms with Crippen molar-refractivity contribution in [3.63, 3.8) is 0 Å². The van der Waals surface area contributed by atoms with Gasteiger partial charge in [0.25, 0.3) is 5.91 Å². The number of carbonyl (C=O) groups is 2. The van der Waals surface area contributed by atoms with Crippen LogP contribution < -0.4 is 14.7 Å². The van der Waals surface area contributed by atoms with E-state index in [1.807, 2.05) is 60.8 Å². The van der Waals surface area contributed by atoms with E-state index in [9.17, 15) is 9.59 Å². The van der Waals surface area contributed by atoms with E-state index >= 15 is 0 Å². The smallest absolute Gasteiger partial charge is 0.266 e. The van der Waals surface area contributed by atoms with Crippen LogP contribution in [0.15, 0.2) is 72.1 Å². The number of fused-ring (bicyclic) bond motifs is 1. The molecule has 7 heteroatoms. The summed E-state index contributed by atoms with van der Waals surface area (Å²) in [5.74, 6) is -0.758. The standard InChI is InChI=1S/C23H20N2O4S/c1-2-28-17-12-7-6-11-16(17)24-22(26)19-20(18-13-8-14-30-18)25(29-21(19)23(24)27)15-9-4-3-5-10-15/h3-14,19-21H,2H2,1H3/t19-,20+,21+/m0/s1. The molecule has 1 aromatic heterocycles. The molecule has 0 saturated carbocycles. The lowest BCUT2D eigenvalue weighted by molar-refractivity contribution is -0.126. The van der Waals surface area contributed by atoms with Crippen molar-refractivity contribution in [3.05, 3.63) is 77.0 Å². The van der Waals surface area contributed by atoms with Gasteiger partial charge in [-0.3, -0.25) is 14.4 Å². The molecule has 2 aliphatic rings. The molecule has 152 valence electrons. The summed E-state index contributed by atoms with van der Waals surface area (Å²) in [5, 5.41) is 3.68. The minimum Gasteiger partial charge on any atom is -0.492 e. The fourth-order valence-corrected chi connectivity index (χ4v) is 4.97. The molecule has 2 aromatic carbocycles. The Balaban J connectivity index is 1.56. The Morgan fingerprint density at radius 3 is 2.47 bits per heavy atom. The second-order valence-electron chi connectivity index (χ2n) is 7.09. The normalized spacial score (nSPS) is 23.2. The van der Waals surface area contributed by atoms with Crippen LogP contribution in [0.25, 0.3) is 0 Å². The average molecular weight is 420 g/mol.